The molecule has 0 aromatic carbocycles. The van der Waals surface area contributed by atoms with Gasteiger partial charge in [-0.25, -0.2) is 9.97 Å². The van der Waals surface area contributed by atoms with Crippen LogP contribution in [0.25, 0.3) is 0 Å². The summed E-state index contributed by atoms with van der Waals surface area (Å²) in [6.45, 7) is 2.19. The van der Waals surface area contributed by atoms with Gasteiger partial charge in [-0.3, -0.25) is 9.59 Å². The van der Waals surface area contributed by atoms with E-state index in [4.69, 9.17) is 5.73 Å². The summed E-state index contributed by atoms with van der Waals surface area (Å²) in [5.41, 5.74) is 5.31. The predicted molar refractivity (Wildman–Crippen MR) is 76.3 cm³/mol. The number of carbonyl (C=O) groups excluding carboxylic acids is 2. The monoisotopic (exact) mass is 289 g/mol. The molecule has 1 unspecified atom stereocenters. The van der Waals surface area contributed by atoms with E-state index in [1.165, 1.54) is 0 Å². The number of amides is 2. The minimum absolute atomic E-state index is 0.0549. The third-order valence-corrected chi connectivity index (χ3v) is 4.36. The highest BCUT2D eigenvalue weighted by atomic mass is 16.2. The highest BCUT2D eigenvalue weighted by molar-refractivity contribution is 5.88. The van der Waals surface area contributed by atoms with Crippen LogP contribution < -0.4 is 10.6 Å². The van der Waals surface area contributed by atoms with Crippen molar-refractivity contribution in [1.82, 2.24) is 14.9 Å². The van der Waals surface area contributed by atoms with E-state index in [9.17, 15) is 9.59 Å². The second kappa shape index (κ2) is 5.67. The molecule has 2 aliphatic heterocycles. The minimum atomic E-state index is -0.371. The average Bonchev–Trinajstić information content (AvgIpc) is 2.91. The molecule has 2 amide bonds. The van der Waals surface area contributed by atoms with Gasteiger partial charge in [0, 0.05) is 38.3 Å². The molecule has 7 nitrogen and oxygen atoms in total. The van der Waals surface area contributed by atoms with Crippen LogP contribution in [0.5, 0.6) is 0 Å². The first-order chi connectivity index (χ1) is 10.1. The molecule has 2 N–H and O–H groups in total. The van der Waals surface area contributed by atoms with Gasteiger partial charge in [-0.1, -0.05) is 0 Å². The SMILES string of the molecule is NC(=O)C1CC(=O)N(C2CCN(c3ccncn3)CC2)C1. The maximum atomic E-state index is 12.0. The van der Waals surface area contributed by atoms with E-state index >= 15 is 0 Å². The predicted octanol–water partition coefficient (Wildman–Crippen LogP) is -0.221. The maximum Gasteiger partial charge on any atom is 0.223 e. The first-order valence-corrected chi connectivity index (χ1v) is 7.25. The third-order valence-electron chi connectivity index (χ3n) is 4.36. The molecule has 2 saturated heterocycles. The highest BCUT2D eigenvalue weighted by Crippen LogP contribution is 2.26. The Hall–Kier alpha value is -2.18. The molecule has 3 heterocycles. The van der Waals surface area contributed by atoms with Gasteiger partial charge in [-0.05, 0) is 18.9 Å². The summed E-state index contributed by atoms with van der Waals surface area (Å²) in [6.07, 6.45) is 5.32. The van der Waals surface area contributed by atoms with Gasteiger partial charge in [0.1, 0.15) is 12.1 Å². The first-order valence-electron chi connectivity index (χ1n) is 7.25. The molecule has 21 heavy (non-hydrogen) atoms. The molecule has 0 saturated carbocycles. The highest BCUT2D eigenvalue weighted by Gasteiger charge is 2.38. The Morgan fingerprint density at radius 2 is 2.10 bits per heavy atom. The zero-order valence-electron chi connectivity index (χ0n) is 11.8. The van der Waals surface area contributed by atoms with Crippen LogP contribution in [0.15, 0.2) is 18.6 Å². The number of primary amides is 1. The van der Waals surface area contributed by atoms with Gasteiger partial charge in [-0.15, -0.1) is 0 Å². The van der Waals surface area contributed by atoms with E-state index in [0.29, 0.717) is 6.54 Å². The maximum absolute atomic E-state index is 12.0. The van der Waals surface area contributed by atoms with Crippen LogP contribution in [-0.2, 0) is 9.59 Å². The molecular formula is C14H19N5O2. The lowest BCUT2D eigenvalue weighted by Crippen LogP contribution is -2.46. The fraction of sp³-hybridized carbons (Fsp3) is 0.571. The number of rotatable bonds is 3. The molecule has 0 spiro atoms. The minimum Gasteiger partial charge on any atom is -0.369 e. The Morgan fingerprint density at radius 3 is 2.67 bits per heavy atom. The largest absolute Gasteiger partial charge is 0.369 e. The van der Waals surface area contributed by atoms with Crippen LogP contribution in [0.4, 0.5) is 5.82 Å². The summed E-state index contributed by atoms with van der Waals surface area (Å²) in [6, 6.07) is 2.10. The van der Waals surface area contributed by atoms with E-state index in [1.807, 2.05) is 11.0 Å². The summed E-state index contributed by atoms with van der Waals surface area (Å²) >= 11 is 0. The molecule has 112 valence electrons. The molecule has 2 fully saturated rings. The average molecular weight is 289 g/mol. The molecule has 1 atom stereocenters. The Morgan fingerprint density at radius 1 is 1.33 bits per heavy atom. The van der Waals surface area contributed by atoms with Crippen molar-refractivity contribution in [2.75, 3.05) is 24.5 Å². The second-order valence-corrected chi connectivity index (χ2v) is 5.64. The summed E-state index contributed by atoms with van der Waals surface area (Å²) < 4.78 is 0. The van der Waals surface area contributed by atoms with Crippen molar-refractivity contribution >= 4 is 17.6 Å². The van der Waals surface area contributed by atoms with Crippen LogP contribution in [-0.4, -0.2) is 52.4 Å². The number of hydrogen-bond donors (Lipinski definition) is 1. The Labute approximate surface area is 123 Å². The second-order valence-electron chi connectivity index (χ2n) is 5.64. The number of nitrogens with two attached hydrogens (primary N) is 1. The van der Waals surface area contributed by atoms with Crippen LogP contribution >= 0.6 is 0 Å². The van der Waals surface area contributed by atoms with Crippen molar-refractivity contribution in [1.29, 1.82) is 0 Å². The molecule has 2 aliphatic rings. The molecule has 7 heteroatoms. The van der Waals surface area contributed by atoms with E-state index in [-0.39, 0.29) is 30.2 Å². The van der Waals surface area contributed by atoms with Gasteiger partial charge < -0.3 is 15.5 Å². The molecule has 3 rings (SSSR count). The van der Waals surface area contributed by atoms with Gasteiger partial charge in [0.2, 0.25) is 11.8 Å². The fourth-order valence-corrected chi connectivity index (χ4v) is 3.15. The lowest BCUT2D eigenvalue weighted by molar-refractivity contribution is -0.130. The number of carbonyl (C=O) groups is 2. The lowest BCUT2D eigenvalue weighted by Gasteiger charge is -2.37. The topological polar surface area (TPSA) is 92.4 Å². The molecule has 1 aromatic rings. The quantitative estimate of drug-likeness (QED) is 0.830. The number of hydrogen-bond acceptors (Lipinski definition) is 5. The number of likely N-dealkylation sites (tertiary alicyclic amines) is 1. The van der Waals surface area contributed by atoms with Gasteiger partial charge in [0.15, 0.2) is 0 Å². The first kappa shape index (κ1) is 13.8. The standard InChI is InChI=1S/C14H19N5O2/c15-14(21)10-7-13(20)19(8-10)11-2-5-18(6-3-11)12-1-4-16-9-17-12/h1,4,9-11H,2-3,5-8H2,(H2,15,21). The van der Waals surface area contributed by atoms with Crippen LogP contribution in [0.1, 0.15) is 19.3 Å². The normalized spacial score (nSPS) is 23.6. The van der Waals surface area contributed by atoms with Gasteiger partial charge in [0.25, 0.3) is 0 Å². The Kier molecular flexibility index (Phi) is 3.72. The summed E-state index contributed by atoms with van der Waals surface area (Å²) in [4.78, 5) is 35.5. The van der Waals surface area contributed by atoms with Crippen LogP contribution in [0, 0.1) is 5.92 Å². The Bertz CT molecular complexity index is 527. The summed E-state index contributed by atoms with van der Waals surface area (Å²) in [5, 5.41) is 0. The number of nitrogens with zero attached hydrogens (tertiary/aromatic N) is 4. The van der Waals surface area contributed by atoms with E-state index in [0.717, 1.165) is 31.7 Å². The smallest absolute Gasteiger partial charge is 0.223 e. The molecule has 0 radical (unpaired) electrons. The summed E-state index contributed by atoms with van der Waals surface area (Å²) in [7, 11) is 0. The van der Waals surface area contributed by atoms with E-state index in [2.05, 4.69) is 14.9 Å². The van der Waals surface area contributed by atoms with Gasteiger partial charge in [-0.2, -0.15) is 0 Å². The number of anilines is 1. The van der Waals surface area contributed by atoms with E-state index in [1.54, 1.807) is 12.5 Å². The van der Waals surface area contributed by atoms with Crippen molar-refractivity contribution in [2.24, 2.45) is 11.7 Å². The lowest BCUT2D eigenvalue weighted by atomic mass is 10.0. The van der Waals surface area contributed by atoms with E-state index < -0.39 is 0 Å². The van der Waals surface area contributed by atoms with Crippen molar-refractivity contribution in [3.05, 3.63) is 18.6 Å². The Balaban J connectivity index is 1.59. The zero-order valence-corrected chi connectivity index (χ0v) is 11.8. The molecule has 0 aliphatic carbocycles. The third kappa shape index (κ3) is 2.81. The fourth-order valence-electron chi connectivity index (χ4n) is 3.15. The molecule has 0 bridgehead atoms. The molecular weight excluding hydrogens is 270 g/mol. The van der Waals surface area contributed by atoms with Gasteiger partial charge in [0.05, 0.1) is 5.92 Å². The van der Waals surface area contributed by atoms with Crippen molar-refractivity contribution in [2.45, 2.75) is 25.3 Å². The number of aromatic nitrogens is 2. The van der Waals surface area contributed by atoms with Crippen LogP contribution in [0.3, 0.4) is 0 Å². The van der Waals surface area contributed by atoms with Gasteiger partial charge >= 0.3 is 0 Å². The zero-order chi connectivity index (χ0) is 14.8. The van der Waals surface area contributed by atoms with Crippen molar-refractivity contribution < 1.29 is 9.59 Å². The summed E-state index contributed by atoms with van der Waals surface area (Å²) in [5.74, 6) is 0.284. The van der Waals surface area contributed by atoms with Crippen molar-refractivity contribution in [3.63, 3.8) is 0 Å². The number of piperidine rings is 1. The molecule has 1 aromatic heterocycles. The van der Waals surface area contributed by atoms with Crippen LogP contribution in [0.2, 0.25) is 0 Å². The van der Waals surface area contributed by atoms with Crippen molar-refractivity contribution in [3.8, 4) is 0 Å².